The van der Waals surface area contributed by atoms with Crippen molar-refractivity contribution < 1.29 is 22.8 Å². The SMILES string of the molecule is CC1(C(=O)N2CCN(C(=O)c3cccc(C(F)(F)F)c3)CC2)CC1(Cl)Cl. The van der Waals surface area contributed by atoms with E-state index in [-0.39, 0.29) is 24.6 Å². The van der Waals surface area contributed by atoms with E-state index < -0.39 is 27.4 Å². The second-order valence-corrected chi connectivity index (χ2v) is 8.36. The molecule has 142 valence electrons. The standard InChI is InChI=1S/C17H17Cl2F3N2O2/c1-15(10-16(15,18)19)14(26)24-7-5-23(6-8-24)13(25)11-3-2-4-12(9-11)17(20,21)22/h2-4,9H,5-8,10H2,1H3. The van der Waals surface area contributed by atoms with Gasteiger partial charge in [0, 0.05) is 31.7 Å². The number of carbonyl (C=O) groups excluding carboxylic acids is 2. The van der Waals surface area contributed by atoms with Crippen LogP contribution in [0.1, 0.15) is 29.3 Å². The molecule has 2 amide bonds. The van der Waals surface area contributed by atoms with Crippen LogP contribution in [0, 0.1) is 5.41 Å². The molecule has 1 saturated carbocycles. The minimum absolute atomic E-state index is 0.0192. The zero-order valence-corrected chi connectivity index (χ0v) is 15.5. The van der Waals surface area contributed by atoms with E-state index in [0.717, 1.165) is 12.1 Å². The lowest BCUT2D eigenvalue weighted by atomic mass is 10.1. The minimum atomic E-state index is -4.50. The summed E-state index contributed by atoms with van der Waals surface area (Å²) in [5, 5.41) is 0. The maximum Gasteiger partial charge on any atom is 0.416 e. The van der Waals surface area contributed by atoms with Gasteiger partial charge in [0.1, 0.15) is 4.33 Å². The summed E-state index contributed by atoms with van der Waals surface area (Å²) < 4.78 is 37.3. The second-order valence-electron chi connectivity index (χ2n) is 6.88. The second kappa shape index (κ2) is 6.30. The largest absolute Gasteiger partial charge is 0.416 e. The number of rotatable bonds is 2. The fraction of sp³-hybridized carbons (Fsp3) is 0.529. The highest BCUT2D eigenvalue weighted by Gasteiger charge is 2.68. The van der Waals surface area contributed by atoms with E-state index in [9.17, 15) is 22.8 Å². The number of hydrogen-bond donors (Lipinski definition) is 0. The van der Waals surface area contributed by atoms with Gasteiger partial charge >= 0.3 is 6.18 Å². The molecule has 1 unspecified atom stereocenters. The molecule has 1 atom stereocenters. The van der Waals surface area contributed by atoms with Crippen molar-refractivity contribution in [1.82, 2.24) is 9.80 Å². The van der Waals surface area contributed by atoms with Crippen molar-refractivity contribution in [2.45, 2.75) is 23.9 Å². The van der Waals surface area contributed by atoms with Crippen molar-refractivity contribution in [2.24, 2.45) is 5.41 Å². The predicted molar refractivity (Wildman–Crippen MR) is 91.1 cm³/mol. The fourth-order valence-corrected chi connectivity index (χ4v) is 3.80. The molecule has 0 radical (unpaired) electrons. The molecule has 2 fully saturated rings. The maximum absolute atomic E-state index is 12.8. The van der Waals surface area contributed by atoms with Gasteiger partial charge in [-0.05, 0) is 31.5 Å². The summed E-state index contributed by atoms with van der Waals surface area (Å²) in [5.41, 5.74) is -1.70. The lowest BCUT2D eigenvalue weighted by molar-refractivity contribution is -0.138. The van der Waals surface area contributed by atoms with Gasteiger partial charge in [0.25, 0.3) is 5.91 Å². The molecule has 1 aromatic rings. The first kappa shape index (κ1) is 19.3. The van der Waals surface area contributed by atoms with Gasteiger partial charge in [0.05, 0.1) is 11.0 Å². The quantitative estimate of drug-likeness (QED) is 0.701. The number of halogens is 5. The average molecular weight is 409 g/mol. The lowest BCUT2D eigenvalue weighted by Gasteiger charge is -2.36. The van der Waals surface area contributed by atoms with Gasteiger partial charge in [-0.1, -0.05) is 6.07 Å². The average Bonchev–Trinajstić information content (AvgIpc) is 3.12. The van der Waals surface area contributed by atoms with Gasteiger partial charge in [-0.15, -0.1) is 23.2 Å². The van der Waals surface area contributed by atoms with E-state index in [1.54, 1.807) is 11.8 Å². The van der Waals surface area contributed by atoms with Crippen molar-refractivity contribution in [3.63, 3.8) is 0 Å². The Bertz CT molecular complexity index is 746. The molecule has 9 heteroatoms. The third-order valence-corrected chi connectivity index (χ3v) is 6.12. The van der Waals surface area contributed by atoms with Crippen LogP contribution in [0.3, 0.4) is 0 Å². The third-order valence-electron chi connectivity index (χ3n) is 5.02. The van der Waals surface area contributed by atoms with Crippen molar-refractivity contribution in [1.29, 1.82) is 0 Å². The van der Waals surface area contributed by atoms with E-state index in [1.807, 2.05) is 0 Å². The molecule has 2 aliphatic rings. The Labute approximate surface area is 158 Å². The third kappa shape index (κ3) is 3.39. The Morgan fingerprint density at radius 2 is 1.62 bits per heavy atom. The predicted octanol–water partition coefficient (Wildman–Crippen LogP) is 3.57. The maximum atomic E-state index is 12.8. The Hall–Kier alpha value is -1.47. The Morgan fingerprint density at radius 3 is 2.12 bits per heavy atom. The first-order valence-corrected chi connectivity index (χ1v) is 8.85. The van der Waals surface area contributed by atoms with Crippen molar-refractivity contribution in [3.8, 4) is 0 Å². The van der Waals surface area contributed by atoms with Gasteiger partial charge in [-0.25, -0.2) is 0 Å². The molecule has 3 rings (SSSR count). The monoisotopic (exact) mass is 408 g/mol. The van der Waals surface area contributed by atoms with Crippen molar-refractivity contribution in [2.75, 3.05) is 26.2 Å². The van der Waals surface area contributed by atoms with Crippen LogP contribution in [-0.2, 0) is 11.0 Å². The summed E-state index contributed by atoms with van der Waals surface area (Å²) in [6.45, 7) is 2.78. The van der Waals surface area contributed by atoms with E-state index >= 15 is 0 Å². The van der Waals surface area contributed by atoms with E-state index in [1.165, 1.54) is 17.0 Å². The topological polar surface area (TPSA) is 40.6 Å². The summed E-state index contributed by atoms with van der Waals surface area (Å²) in [7, 11) is 0. The van der Waals surface area contributed by atoms with Crippen molar-refractivity contribution in [3.05, 3.63) is 35.4 Å². The van der Waals surface area contributed by atoms with Crippen LogP contribution in [0.25, 0.3) is 0 Å². The fourth-order valence-electron chi connectivity index (χ4n) is 3.10. The molecule has 0 bridgehead atoms. The van der Waals surface area contributed by atoms with Gasteiger partial charge in [-0.2, -0.15) is 13.2 Å². The molecular formula is C17H17Cl2F3N2O2. The summed E-state index contributed by atoms with van der Waals surface area (Å²) in [6, 6.07) is 4.34. The van der Waals surface area contributed by atoms with Crippen LogP contribution in [-0.4, -0.2) is 52.1 Å². The van der Waals surface area contributed by atoms with Crippen LogP contribution < -0.4 is 0 Å². The number of hydrogen-bond acceptors (Lipinski definition) is 2. The molecule has 0 aromatic heterocycles. The van der Waals surface area contributed by atoms with Gasteiger partial charge < -0.3 is 9.80 Å². The van der Waals surface area contributed by atoms with Gasteiger partial charge in [-0.3, -0.25) is 9.59 Å². The molecular weight excluding hydrogens is 392 g/mol. The summed E-state index contributed by atoms with van der Waals surface area (Å²) in [6.07, 6.45) is -4.12. The first-order valence-electron chi connectivity index (χ1n) is 8.09. The molecule has 1 saturated heterocycles. The van der Waals surface area contributed by atoms with E-state index in [0.29, 0.717) is 19.5 Å². The molecule has 1 aromatic carbocycles. The van der Waals surface area contributed by atoms with E-state index in [4.69, 9.17) is 23.2 Å². The molecule has 26 heavy (non-hydrogen) atoms. The summed E-state index contributed by atoms with van der Waals surface area (Å²) >= 11 is 12.1. The van der Waals surface area contributed by atoms with Crippen molar-refractivity contribution >= 4 is 35.0 Å². The molecule has 1 aliphatic carbocycles. The van der Waals surface area contributed by atoms with E-state index in [2.05, 4.69) is 0 Å². The van der Waals surface area contributed by atoms with Crippen LogP contribution in [0.2, 0.25) is 0 Å². The smallest absolute Gasteiger partial charge is 0.339 e. The van der Waals surface area contributed by atoms with Crippen LogP contribution in [0.5, 0.6) is 0 Å². The highest BCUT2D eigenvalue weighted by Crippen LogP contribution is 2.64. The zero-order valence-electron chi connectivity index (χ0n) is 13.9. The molecule has 1 aliphatic heterocycles. The van der Waals surface area contributed by atoms with Gasteiger partial charge in [0.15, 0.2) is 0 Å². The Morgan fingerprint density at radius 1 is 1.08 bits per heavy atom. The highest BCUT2D eigenvalue weighted by atomic mass is 35.5. The molecule has 4 nitrogen and oxygen atoms in total. The van der Waals surface area contributed by atoms with Crippen LogP contribution in [0.4, 0.5) is 13.2 Å². The Balaban J connectivity index is 1.64. The summed E-state index contributed by atoms with van der Waals surface area (Å²) in [4.78, 5) is 28.1. The zero-order chi connectivity index (χ0) is 19.3. The van der Waals surface area contributed by atoms with Crippen LogP contribution in [0.15, 0.2) is 24.3 Å². The number of carbonyl (C=O) groups is 2. The minimum Gasteiger partial charge on any atom is -0.339 e. The number of amides is 2. The molecule has 0 N–H and O–H groups in total. The normalized spacial score (nSPS) is 25.2. The highest BCUT2D eigenvalue weighted by molar-refractivity contribution is 6.53. The van der Waals surface area contributed by atoms with Crippen LogP contribution >= 0.6 is 23.2 Å². The van der Waals surface area contributed by atoms with Gasteiger partial charge in [0.2, 0.25) is 5.91 Å². The molecule has 1 heterocycles. The summed E-state index contributed by atoms with van der Waals surface area (Å²) in [5.74, 6) is -0.640. The number of benzene rings is 1. The lowest BCUT2D eigenvalue weighted by Crippen LogP contribution is -2.52. The number of alkyl halides is 5. The molecule has 0 spiro atoms. The first-order chi connectivity index (χ1) is 12.0. The number of piperazine rings is 1. The number of nitrogens with zero attached hydrogens (tertiary/aromatic N) is 2. The Kier molecular flexibility index (Phi) is 4.68.